The Balaban J connectivity index is 2.02. The molecule has 0 aromatic heterocycles. The summed E-state index contributed by atoms with van der Waals surface area (Å²) in [4.78, 5) is 24.2. The van der Waals surface area contributed by atoms with Crippen molar-refractivity contribution in [3.8, 4) is 5.75 Å². The second kappa shape index (κ2) is 5.83. The predicted octanol–water partition coefficient (Wildman–Crippen LogP) is 2.97. The van der Waals surface area contributed by atoms with E-state index in [-0.39, 0.29) is 22.8 Å². The Hall–Kier alpha value is -2.69. The number of aryl methyl sites for hydroxylation is 1. The van der Waals surface area contributed by atoms with Gasteiger partial charge < -0.3 is 9.84 Å². The number of ether oxygens (including phenoxy) is 1. The van der Waals surface area contributed by atoms with Crippen LogP contribution in [0.25, 0.3) is 0 Å². The van der Waals surface area contributed by atoms with E-state index in [0.717, 1.165) is 5.56 Å². The molecule has 0 heterocycles. The summed E-state index contributed by atoms with van der Waals surface area (Å²) in [5, 5.41) is 10.2. The summed E-state index contributed by atoms with van der Waals surface area (Å²) < 4.78 is 18.5. The van der Waals surface area contributed by atoms with E-state index in [9.17, 15) is 19.1 Å². The second-order valence-electron chi connectivity index (χ2n) is 5.49. The minimum absolute atomic E-state index is 0.0411. The summed E-state index contributed by atoms with van der Waals surface area (Å²) in [5.74, 6) is -2.27. The molecule has 0 aliphatic heterocycles. The number of esters is 1. The van der Waals surface area contributed by atoms with Gasteiger partial charge in [-0.05, 0) is 48.2 Å². The highest BCUT2D eigenvalue weighted by Crippen LogP contribution is 2.38. The number of hydrogen-bond acceptors (Lipinski definition) is 4. The zero-order chi connectivity index (χ0) is 16.6. The molecule has 4 nitrogen and oxygen atoms in total. The fourth-order valence-corrected chi connectivity index (χ4v) is 3.00. The highest BCUT2D eigenvalue weighted by molar-refractivity contribution is 6.11. The molecule has 0 bridgehead atoms. The molecule has 0 amide bonds. The summed E-state index contributed by atoms with van der Waals surface area (Å²) >= 11 is 0. The maximum absolute atomic E-state index is 13.8. The van der Waals surface area contributed by atoms with E-state index in [2.05, 4.69) is 0 Å². The lowest BCUT2D eigenvalue weighted by molar-refractivity contribution is -0.142. The van der Waals surface area contributed by atoms with E-state index < -0.39 is 17.5 Å². The SMILES string of the molecule is COC(=O)C1CCc2cc(C(=O)c3ccccc3F)c(O)cc21. The summed E-state index contributed by atoms with van der Waals surface area (Å²) in [6.45, 7) is 0. The van der Waals surface area contributed by atoms with Crippen molar-refractivity contribution < 1.29 is 23.8 Å². The number of aromatic hydroxyl groups is 1. The van der Waals surface area contributed by atoms with Gasteiger partial charge >= 0.3 is 5.97 Å². The number of fused-ring (bicyclic) bond motifs is 1. The van der Waals surface area contributed by atoms with Gasteiger partial charge in [0.25, 0.3) is 0 Å². The van der Waals surface area contributed by atoms with Crippen LogP contribution in [0.5, 0.6) is 5.75 Å². The third-order valence-corrected chi connectivity index (χ3v) is 4.18. The second-order valence-corrected chi connectivity index (χ2v) is 5.49. The highest BCUT2D eigenvalue weighted by Gasteiger charge is 2.31. The Labute approximate surface area is 132 Å². The quantitative estimate of drug-likeness (QED) is 0.699. The number of carbonyl (C=O) groups is 2. The average Bonchev–Trinajstić information content (AvgIpc) is 2.96. The number of phenolic OH excluding ortho intramolecular Hbond substituents is 1. The fraction of sp³-hybridized carbons (Fsp3) is 0.222. The van der Waals surface area contributed by atoms with E-state index in [0.29, 0.717) is 18.4 Å². The molecule has 0 fully saturated rings. The monoisotopic (exact) mass is 314 g/mol. The Bertz CT molecular complexity index is 798. The molecule has 1 aliphatic carbocycles. The Morgan fingerprint density at radius 2 is 1.96 bits per heavy atom. The van der Waals surface area contributed by atoms with Crippen LogP contribution in [0.1, 0.15) is 39.4 Å². The van der Waals surface area contributed by atoms with Crippen molar-refractivity contribution in [2.75, 3.05) is 7.11 Å². The van der Waals surface area contributed by atoms with E-state index in [1.54, 1.807) is 12.1 Å². The Morgan fingerprint density at radius 1 is 1.22 bits per heavy atom. The molecule has 3 rings (SSSR count). The number of benzene rings is 2. The molecule has 1 unspecified atom stereocenters. The Morgan fingerprint density at radius 3 is 2.65 bits per heavy atom. The van der Waals surface area contributed by atoms with Crippen molar-refractivity contribution in [2.24, 2.45) is 0 Å². The molecular formula is C18H15FO4. The molecule has 0 spiro atoms. The number of methoxy groups -OCH3 is 1. The molecule has 5 heteroatoms. The zero-order valence-corrected chi connectivity index (χ0v) is 12.5. The van der Waals surface area contributed by atoms with Gasteiger partial charge in [-0.3, -0.25) is 9.59 Å². The van der Waals surface area contributed by atoms with Gasteiger partial charge in [-0.1, -0.05) is 12.1 Å². The van der Waals surface area contributed by atoms with Crippen molar-refractivity contribution >= 4 is 11.8 Å². The minimum atomic E-state index is -0.634. The third-order valence-electron chi connectivity index (χ3n) is 4.18. The van der Waals surface area contributed by atoms with Gasteiger partial charge in [0.15, 0.2) is 5.78 Å². The van der Waals surface area contributed by atoms with Gasteiger partial charge in [0.1, 0.15) is 11.6 Å². The largest absolute Gasteiger partial charge is 0.507 e. The summed E-state index contributed by atoms with van der Waals surface area (Å²) in [5.41, 5.74) is 1.42. The predicted molar refractivity (Wildman–Crippen MR) is 81.0 cm³/mol. The maximum Gasteiger partial charge on any atom is 0.313 e. The van der Waals surface area contributed by atoms with Gasteiger partial charge in [0.05, 0.1) is 24.2 Å². The average molecular weight is 314 g/mol. The number of ketones is 1. The van der Waals surface area contributed by atoms with Gasteiger partial charge in [-0.15, -0.1) is 0 Å². The molecule has 2 aromatic rings. The van der Waals surface area contributed by atoms with Gasteiger partial charge in [0.2, 0.25) is 0 Å². The summed E-state index contributed by atoms with van der Waals surface area (Å²) in [7, 11) is 1.32. The molecule has 23 heavy (non-hydrogen) atoms. The van der Waals surface area contributed by atoms with Crippen LogP contribution in [-0.2, 0) is 16.0 Å². The third kappa shape index (κ3) is 2.59. The van der Waals surface area contributed by atoms with Crippen molar-refractivity contribution in [2.45, 2.75) is 18.8 Å². The van der Waals surface area contributed by atoms with Gasteiger partial charge in [0, 0.05) is 0 Å². The lowest BCUT2D eigenvalue weighted by atomic mass is 9.95. The number of rotatable bonds is 3. The van der Waals surface area contributed by atoms with Crippen LogP contribution in [0, 0.1) is 5.82 Å². The highest BCUT2D eigenvalue weighted by atomic mass is 19.1. The standard InChI is InChI=1S/C18H15FO4/c1-23-18(22)11-7-6-10-8-14(16(20)9-13(10)11)17(21)12-4-2-3-5-15(12)19/h2-5,8-9,11,20H,6-7H2,1H3. The molecular weight excluding hydrogens is 299 g/mol. The van der Waals surface area contributed by atoms with E-state index >= 15 is 0 Å². The lowest BCUT2D eigenvalue weighted by Gasteiger charge is -2.11. The van der Waals surface area contributed by atoms with Crippen LogP contribution >= 0.6 is 0 Å². The van der Waals surface area contributed by atoms with Crippen LogP contribution in [0.4, 0.5) is 4.39 Å². The zero-order valence-electron chi connectivity index (χ0n) is 12.5. The smallest absolute Gasteiger partial charge is 0.313 e. The first kappa shape index (κ1) is 15.2. The lowest BCUT2D eigenvalue weighted by Crippen LogP contribution is -2.11. The van der Waals surface area contributed by atoms with Crippen molar-refractivity contribution in [1.82, 2.24) is 0 Å². The first-order chi connectivity index (χ1) is 11.0. The van der Waals surface area contributed by atoms with E-state index in [1.165, 1.54) is 31.4 Å². The van der Waals surface area contributed by atoms with Crippen molar-refractivity contribution in [1.29, 1.82) is 0 Å². The number of halogens is 1. The number of phenols is 1. The topological polar surface area (TPSA) is 63.6 Å². The Kier molecular flexibility index (Phi) is 3.86. The van der Waals surface area contributed by atoms with E-state index in [1.807, 2.05) is 0 Å². The first-order valence-corrected chi connectivity index (χ1v) is 7.25. The molecule has 2 aromatic carbocycles. The molecule has 1 atom stereocenters. The minimum Gasteiger partial charge on any atom is -0.507 e. The fourth-order valence-electron chi connectivity index (χ4n) is 3.00. The van der Waals surface area contributed by atoms with Crippen LogP contribution in [-0.4, -0.2) is 24.0 Å². The molecule has 118 valence electrons. The van der Waals surface area contributed by atoms with Crippen LogP contribution in [0.15, 0.2) is 36.4 Å². The van der Waals surface area contributed by atoms with Crippen LogP contribution in [0.2, 0.25) is 0 Å². The molecule has 0 saturated carbocycles. The maximum atomic E-state index is 13.8. The summed E-state index contributed by atoms with van der Waals surface area (Å²) in [6.07, 6.45) is 1.17. The van der Waals surface area contributed by atoms with Gasteiger partial charge in [-0.25, -0.2) is 4.39 Å². The molecule has 1 N–H and O–H groups in total. The van der Waals surface area contributed by atoms with Crippen molar-refractivity contribution in [3.05, 3.63) is 64.5 Å². The van der Waals surface area contributed by atoms with Crippen molar-refractivity contribution in [3.63, 3.8) is 0 Å². The van der Waals surface area contributed by atoms with Crippen LogP contribution < -0.4 is 0 Å². The molecule has 0 saturated heterocycles. The van der Waals surface area contributed by atoms with E-state index in [4.69, 9.17) is 4.74 Å². The number of hydrogen-bond donors (Lipinski definition) is 1. The molecule has 0 radical (unpaired) electrons. The summed E-state index contributed by atoms with van der Waals surface area (Å²) in [6, 6.07) is 8.59. The first-order valence-electron chi connectivity index (χ1n) is 7.25. The number of carbonyl (C=O) groups excluding carboxylic acids is 2. The van der Waals surface area contributed by atoms with Crippen LogP contribution in [0.3, 0.4) is 0 Å². The molecule has 1 aliphatic rings. The van der Waals surface area contributed by atoms with Gasteiger partial charge in [-0.2, -0.15) is 0 Å². The normalized spacial score (nSPS) is 16.0.